The highest BCUT2D eigenvalue weighted by Crippen LogP contribution is 2.24. The van der Waals surface area contributed by atoms with Crippen LogP contribution in [0.3, 0.4) is 0 Å². The molecule has 2 atom stereocenters. The zero-order valence-corrected chi connectivity index (χ0v) is 12.1. The average molecular weight is 276 g/mol. The Labute approximate surface area is 120 Å². The molecule has 0 radical (unpaired) electrons. The van der Waals surface area contributed by atoms with Crippen molar-refractivity contribution in [2.24, 2.45) is 11.7 Å². The first-order valence-electron chi connectivity index (χ1n) is 7.40. The number of hydrogen-bond donors (Lipinski definition) is 2. The molecule has 20 heavy (non-hydrogen) atoms. The fraction of sp³-hybridized carbons (Fsp3) is 0.562. The number of amides is 1. The standard InChI is InChI=1S/C16H24N2O2/c1-2-20-11-13-7-4-3-6-12(13)10-18-16(19)14-8-5-9-15(14)17/h3-4,6-7,14-15H,2,5,8-11,17H2,1H3,(H,18,19). The van der Waals surface area contributed by atoms with Crippen molar-refractivity contribution >= 4 is 5.91 Å². The van der Waals surface area contributed by atoms with Gasteiger partial charge in [-0.1, -0.05) is 30.7 Å². The summed E-state index contributed by atoms with van der Waals surface area (Å²) < 4.78 is 5.45. The summed E-state index contributed by atoms with van der Waals surface area (Å²) in [5.41, 5.74) is 8.21. The lowest BCUT2D eigenvalue weighted by molar-refractivity contribution is -0.125. The van der Waals surface area contributed by atoms with E-state index in [1.54, 1.807) is 0 Å². The molecule has 3 N–H and O–H groups in total. The second-order valence-corrected chi connectivity index (χ2v) is 5.32. The number of carbonyl (C=O) groups excluding carboxylic acids is 1. The SMILES string of the molecule is CCOCc1ccccc1CNC(=O)C1CCCC1N. The second kappa shape index (κ2) is 7.41. The number of rotatable bonds is 6. The summed E-state index contributed by atoms with van der Waals surface area (Å²) in [4.78, 5) is 12.1. The van der Waals surface area contributed by atoms with Gasteiger partial charge in [0, 0.05) is 19.2 Å². The summed E-state index contributed by atoms with van der Waals surface area (Å²) in [6.07, 6.45) is 2.92. The molecule has 1 aliphatic rings. The van der Waals surface area contributed by atoms with Crippen LogP contribution in [0.4, 0.5) is 0 Å². The van der Waals surface area contributed by atoms with Crippen LogP contribution in [0.1, 0.15) is 37.3 Å². The van der Waals surface area contributed by atoms with E-state index in [0.29, 0.717) is 19.8 Å². The molecule has 4 heteroatoms. The number of hydrogen-bond acceptors (Lipinski definition) is 3. The molecule has 110 valence electrons. The first-order valence-corrected chi connectivity index (χ1v) is 7.40. The van der Waals surface area contributed by atoms with E-state index in [1.165, 1.54) is 0 Å². The molecule has 1 aromatic rings. The number of nitrogens with one attached hydrogen (secondary N) is 1. The third-order valence-electron chi connectivity index (χ3n) is 3.94. The predicted molar refractivity (Wildman–Crippen MR) is 78.9 cm³/mol. The van der Waals surface area contributed by atoms with Crippen molar-refractivity contribution in [1.82, 2.24) is 5.32 Å². The maximum atomic E-state index is 12.1. The van der Waals surface area contributed by atoms with Gasteiger partial charge in [-0.15, -0.1) is 0 Å². The molecule has 1 saturated carbocycles. The van der Waals surface area contributed by atoms with Crippen molar-refractivity contribution in [2.45, 2.75) is 45.4 Å². The zero-order valence-electron chi connectivity index (χ0n) is 12.1. The van der Waals surface area contributed by atoms with E-state index in [4.69, 9.17) is 10.5 Å². The minimum atomic E-state index is -0.0194. The molecule has 0 spiro atoms. The topological polar surface area (TPSA) is 64.3 Å². The van der Waals surface area contributed by atoms with E-state index in [9.17, 15) is 4.79 Å². The lowest BCUT2D eigenvalue weighted by atomic mass is 10.0. The van der Waals surface area contributed by atoms with Crippen LogP contribution in [-0.2, 0) is 22.7 Å². The van der Waals surface area contributed by atoms with Crippen LogP contribution in [0, 0.1) is 5.92 Å². The number of nitrogens with two attached hydrogens (primary N) is 1. The molecule has 0 saturated heterocycles. The summed E-state index contributed by atoms with van der Waals surface area (Å²) in [5.74, 6) is 0.0651. The lowest BCUT2D eigenvalue weighted by Crippen LogP contribution is -2.38. The molecular formula is C16H24N2O2. The Kier molecular flexibility index (Phi) is 5.56. The highest BCUT2D eigenvalue weighted by Gasteiger charge is 2.29. The van der Waals surface area contributed by atoms with Crippen molar-refractivity contribution in [3.05, 3.63) is 35.4 Å². The van der Waals surface area contributed by atoms with E-state index >= 15 is 0 Å². The van der Waals surface area contributed by atoms with Crippen molar-refractivity contribution in [3.63, 3.8) is 0 Å². The largest absolute Gasteiger partial charge is 0.377 e. The van der Waals surface area contributed by atoms with Gasteiger partial charge in [0.05, 0.1) is 12.5 Å². The summed E-state index contributed by atoms with van der Waals surface area (Å²) in [7, 11) is 0. The normalized spacial score (nSPS) is 21.9. The fourth-order valence-electron chi connectivity index (χ4n) is 2.71. The minimum absolute atomic E-state index is 0.0194. The van der Waals surface area contributed by atoms with Crippen LogP contribution in [0.2, 0.25) is 0 Å². The van der Waals surface area contributed by atoms with Gasteiger partial charge in [0.1, 0.15) is 0 Å². The highest BCUT2D eigenvalue weighted by molar-refractivity contribution is 5.79. The second-order valence-electron chi connectivity index (χ2n) is 5.32. The first kappa shape index (κ1) is 15.0. The molecule has 1 amide bonds. The molecule has 0 bridgehead atoms. The first-order chi connectivity index (χ1) is 9.72. The Morgan fingerprint density at radius 2 is 2.10 bits per heavy atom. The minimum Gasteiger partial charge on any atom is -0.377 e. The van der Waals surface area contributed by atoms with Crippen LogP contribution < -0.4 is 11.1 Å². The summed E-state index contributed by atoms with van der Waals surface area (Å²) >= 11 is 0. The van der Waals surface area contributed by atoms with Crippen molar-refractivity contribution < 1.29 is 9.53 Å². The van der Waals surface area contributed by atoms with Crippen LogP contribution in [0.5, 0.6) is 0 Å². The maximum Gasteiger partial charge on any atom is 0.224 e. The third kappa shape index (κ3) is 3.81. The Bertz CT molecular complexity index is 448. The van der Waals surface area contributed by atoms with Gasteiger partial charge in [0.15, 0.2) is 0 Å². The van der Waals surface area contributed by atoms with Gasteiger partial charge in [0.25, 0.3) is 0 Å². The van der Waals surface area contributed by atoms with Gasteiger partial charge in [-0.25, -0.2) is 0 Å². The molecule has 1 aliphatic carbocycles. The molecule has 1 fully saturated rings. The van der Waals surface area contributed by atoms with Crippen LogP contribution in [0.15, 0.2) is 24.3 Å². The number of carbonyl (C=O) groups is 1. The van der Waals surface area contributed by atoms with E-state index < -0.39 is 0 Å². The Morgan fingerprint density at radius 3 is 2.75 bits per heavy atom. The fourth-order valence-corrected chi connectivity index (χ4v) is 2.71. The molecule has 2 unspecified atom stereocenters. The van der Waals surface area contributed by atoms with Crippen LogP contribution in [0.25, 0.3) is 0 Å². The van der Waals surface area contributed by atoms with Gasteiger partial charge < -0.3 is 15.8 Å². The van der Waals surface area contributed by atoms with Gasteiger partial charge in [-0.05, 0) is 30.9 Å². The lowest BCUT2D eigenvalue weighted by Gasteiger charge is -2.16. The van der Waals surface area contributed by atoms with E-state index in [2.05, 4.69) is 5.32 Å². The summed E-state index contributed by atoms with van der Waals surface area (Å²) in [6, 6.07) is 8.07. The van der Waals surface area contributed by atoms with Gasteiger partial charge in [-0.2, -0.15) is 0 Å². The van der Waals surface area contributed by atoms with E-state index in [-0.39, 0.29) is 17.9 Å². The monoisotopic (exact) mass is 276 g/mol. The Morgan fingerprint density at radius 1 is 1.35 bits per heavy atom. The van der Waals surface area contributed by atoms with E-state index in [1.807, 2.05) is 31.2 Å². The van der Waals surface area contributed by atoms with E-state index in [0.717, 1.165) is 30.4 Å². The van der Waals surface area contributed by atoms with Crippen molar-refractivity contribution in [1.29, 1.82) is 0 Å². The quantitative estimate of drug-likeness (QED) is 0.835. The third-order valence-corrected chi connectivity index (χ3v) is 3.94. The zero-order chi connectivity index (χ0) is 14.4. The molecule has 2 rings (SSSR count). The predicted octanol–water partition coefficient (Wildman–Crippen LogP) is 1.97. The van der Waals surface area contributed by atoms with Crippen LogP contribution >= 0.6 is 0 Å². The highest BCUT2D eigenvalue weighted by atomic mass is 16.5. The Balaban J connectivity index is 1.91. The summed E-state index contributed by atoms with van der Waals surface area (Å²) in [5, 5.41) is 3.01. The average Bonchev–Trinajstić information content (AvgIpc) is 2.89. The van der Waals surface area contributed by atoms with Crippen molar-refractivity contribution in [3.8, 4) is 0 Å². The molecule has 1 aromatic carbocycles. The van der Waals surface area contributed by atoms with Crippen LogP contribution in [-0.4, -0.2) is 18.6 Å². The maximum absolute atomic E-state index is 12.1. The van der Waals surface area contributed by atoms with Gasteiger partial charge in [-0.3, -0.25) is 4.79 Å². The number of ether oxygens (including phenoxy) is 1. The Hall–Kier alpha value is -1.39. The van der Waals surface area contributed by atoms with Gasteiger partial charge in [0.2, 0.25) is 5.91 Å². The van der Waals surface area contributed by atoms with Crippen molar-refractivity contribution in [2.75, 3.05) is 6.61 Å². The molecule has 0 aromatic heterocycles. The number of benzene rings is 1. The molecule has 0 aliphatic heterocycles. The molecule has 0 heterocycles. The summed E-state index contributed by atoms with van der Waals surface area (Å²) in [6.45, 7) is 3.81. The molecular weight excluding hydrogens is 252 g/mol. The molecule has 4 nitrogen and oxygen atoms in total. The van der Waals surface area contributed by atoms with Gasteiger partial charge >= 0.3 is 0 Å². The smallest absolute Gasteiger partial charge is 0.224 e.